The predicted octanol–water partition coefficient (Wildman–Crippen LogP) is 15.1. The van der Waals surface area contributed by atoms with Gasteiger partial charge in [-0.1, -0.05) is 154 Å². The van der Waals surface area contributed by atoms with Gasteiger partial charge >= 0.3 is 0 Å². The van der Waals surface area contributed by atoms with Gasteiger partial charge in [-0.3, -0.25) is 4.57 Å². The number of fused-ring (bicyclic) bond motifs is 4. The van der Waals surface area contributed by atoms with Crippen LogP contribution in [0.3, 0.4) is 0 Å². The summed E-state index contributed by atoms with van der Waals surface area (Å²) in [5.41, 5.74) is 18.0. The Morgan fingerprint density at radius 2 is 1.61 bits per heavy atom. The number of nitrogens with zero attached hydrogens (tertiary/aromatic N) is 4. The predicted molar refractivity (Wildman–Crippen MR) is 261 cm³/mol. The summed E-state index contributed by atoms with van der Waals surface area (Å²) in [4.78, 5) is 10.5. The van der Waals surface area contributed by atoms with E-state index in [9.17, 15) is 0 Å². The third kappa shape index (κ3) is 8.27. The van der Waals surface area contributed by atoms with Crippen LogP contribution in [0.15, 0.2) is 211 Å². The van der Waals surface area contributed by atoms with E-state index in [0.29, 0.717) is 0 Å². The van der Waals surface area contributed by atoms with E-state index >= 15 is 0 Å². The van der Waals surface area contributed by atoms with Crippen molar-refractivity contribution < 1.29 is 0 Å². The van der Waals surface area contributed by atoms with Crippen molar-refractivity contribution in [2.75, 3.05) is 0 Å². The Kier molecular flexibility index (Phi) is 12.3. The van der Waals surface area contributed by atoms with Gasteiger partial charge in [-0.15, -0.1) is 0 Å². The highest BCUT2D eigenvalue weighted by Crippen LogP contribution is 2.37. The zero-order chi connectivity index (χ0) is 42.3. The van der Waals surface area contributed by atoms with Crippen molar-refractivity contribution in [2.45, 2.75) is 59.8 Å². The molecule has 61 heavy (non-hydrogen) atoms. The molecule has 3 heterocycles. The normalized spacial score (nSPS) is 15.0. The van der Waals surface area contributed by atoms with E-state index in [1.165, 1.54) is 44.5 Å². The van der Waals surface area contributed by atoms with Crippen LogP contribution >= 0.6 is 0 Å². The maximum Gasteiger partial charge on any atom is 0.165 e. The van der Waals surface area contributed by atoms with Gasteiger partial charge in [0.25, 0.3) is 0 Å². The first-order valence-corrected chi connectivity index (χ1v) is 21.6. The lowest BCUT2D eigenvalue weighted by molar-refractivity contribution is 0.968. The highest BCUT2D eigenvalue weighted by molar-refractivity contribution is 5.94. The molecule has 0 N–H and O–H groups in total. The largest absolute Gasteiger partial charge is 0.310 e. The number of allylic oxidation sites excluding steroid dienone is 19. The Balaban J connectivity index is 1.19. The molecule has 0 saturated carbocycles. The number of pyridine rings is 1. The summed E-state index contributed by atoms with van der Waals surface area (Å²) in [5, 5.41) is 1.33. The van der Waals surface area contributed by atoms with Crippen LogP contribution in [0.1, 0.15) is 70.5 Å². The molecule has 302 valence electrons. The lowest BCUT2D eigenvalue weighted by Gasteiger charge is -2.13. The molecule has 0 radical (unpaired) electrons. The van der Waals surface area contributed by atoms with Crippen molar-refractivity contribution in [3.63, 3.8) is 0 Å². The molecule has 3 aromatic carbocycles. The van der Waals surface area contributed by atoms with E-state index in [1.54, 1.807) is 0 Å². The van der Waals surface area contributed by atoms with Crippen LogP contribution in [-0.2, 0) is 6.42 Å². The van der Waals surface area contributed by atoms with E-state index in [1.807, 2.05) is 18.3 Å². The second-order valence-corrected chi connectivity index (χ2v) is 15.6. The maximum absolute atomic E-state index is 5.48. The summed E-state index contributed by atoms with van der Waals surface area (Å²) in [6, 6.07) is 30.3. The van der Waals surface area contributed by atoms with Crippen LogP contribution in [0.2, 0.25) is 0 Å². The molecule has 0 bridgehead atoms. The fourth-order valence-electron chi connectivity index (χ4n) is 8.52. The van der Waals surface area contributed by atoms with E-state index in [0.717, 1.165) is 88.3 Å². The van der Waals surface area contributed by atoms with Crippen molar-refractivity contribution >= 4 is 33.7 Å². The highest BCUT2D eigenvalue weighted by Gasteiger charge is 2.22. The fraction of sp³-hybridized carbons (Fsp3) is 0.158. The standard InChI is InChI=1S/C57H54N4/c1-7-10-27-48(40(4)5)49(28-11-8-2)44-22-19-21-43(35-36-44)41(6)33-34-42(9-3)56-59-55-50(37-38-58-57(55)61(56)46-24-13-12-14-25-46)45-23-20-26-47(39-45)60-53-31-17-15-29-51(53)52-30-16-18-32-54(52)60/h7,10-15,17-18,20-29,31-39H,1,4,8-9,16,19,30H2,2-3,5-6H3/b27-10-,28-11?,41-33+,42-34+,49-48+. The summed E-state index contributed by atoms with van der Waals surface area (Å²) < 4.78 is 4.64. The number of hydrogen-bond donors (Lipinski definition) is 0. The molecule has 0 unspecified atom stereocenters. The maximum atomic E-state index is 5.48. The summed E-state index contributed by atoms with van der Waals surface area (Å²) in [6.45, 7) is 16.8. The molecule has 0 saturated heterocycles. The molecule has 3 aromatic heterocycles. The molecule has 0 amide bonds. The first-order chi connectivity index (χ1) is 29.9. The van der Waals surface area contributed by atoms with Gasteiger partial charge in [0.2, 0.25) is 0 Å². The van der Waals surface area contributed by atoms with Gasteiger partial charge < -0.3 is 4.57 Å². The topological polar surface area (TPSA) is 35.6 Å². The highest BCUT2D eigenvalue weighted by atomic mass is 15.1. The minimum absolute atomic E-state index is 0.796. The number of benzene rings is 3. The lowest BCUT2D eigenvalue weighted by atomic mass is 9.93. The van der Waals surface area contributed by atoms with Crippen LogP contribution in [0.25, 0.3) is 56.2 Å². The Labute approximate surface area is 361 Å². The van der Waals surface area contributed by atoms with Gasteiger partial charge in [0.15, 0.2) is 5.65 Å². The third-order valence-electron chi connectivity index (χ3n) is 11.6. The molecule has 2 aliphatic rings. The summed E-state index contributed by atoms with van der Waals surface area (Å²) in [6.07, 6.45) is 35.1. The first kappa shape index (κ1) is 40.7. The average Bonchev–Trinajstić information content (AvgIpc) is 3.74. The Bertz CT molecular complexity index is 2940. The van der Waals surface area contributed by atoms with E-state index < -0.39 is 0 Å². The van der Waals surface area contributed by atoms with Crippen LogP contribution in [0.5, 0.6) is 0 Å². The molecule has 6 aromatic rings. The van der Waals surface area contributed by atoms with Gasteiger partial charge in [-0.05, 0) is 133 Å². The number of aromatic nitrogens is 4. The second kappa shape index (κ2) is 18.5. The lowest BCUT2D eigenvalue weighted by Crippen LogP contribution is -2.01. The van der Waals surface area contributed by atoms with Crippen molar-refractivity contribution in [1.82, 2.24) is 19.1 Å². The fourth-order valence-corrected chi connectivity index (χ4v) is 8.52. The number of rotatable bonds is 13. The smallest absolute Gasteiger partial charge is 0.165 e. The Hall–Kier alpha value is -7.04. The summed E-state index contributed by atoms with van der Waals surface area (Å²) in [7, 11) is 0. The zero-order valence-corrected chi connectivity index (χ0v) is 35.9. The zero-order valence-electron chi connectivity index (χ0n) is 35.9. The average molecular weight is 795 g/mol. The molecule has 0 spiro atoms. The van der Waals surface area contributed by atoms with Gasteiger partial charge in [0, 0.05) is 34.2 Å². The quantitative estimate of drug-likeness (QED) is 0.109. The molecule has 2 aliphatic carbocycles. The van der Waals surface area contributed by atoms with E-state index in [2.05, 4.69) is 202 Å². The molecule has 0 aliphatic heterocycles. The van der Waals surface area contributed by atoms with Crippen molar-refractivity contribution in [2.24, 2.45) is 0 Å². The van der Waals surface area contributed by atoms with Gasteiger partial charge in [-0.2, -0.15) is 0 Å². The van der Waals surface area contributed by atoms with Crippen molar-refractivity contribution in [3.8, 4) is 22.5 Å². The van der Waals surface area contributed by atoms with Crippen molar-refractivity contribution in [1.29, 1.82) is 0 Å². The number of aryl methyl sites for hydroxylation is 1. The van der Waals surface area contributed by atoms with Gasteiger partial charge in [-0.25, -0.2) is 9.97 Å². The van der Waals surface area contributed by atoms with E-state index in [-0.39, 0.29) is 0 Å². The molecule has 0 fully saturated rings. The van der Waals surface area contributed by atoms with Crippen LogP contribution in [0, 0.1) is 0 Å². The van der Waals surface area contributed by atoms with Crippen LogP contribution < -0.4 is 0 Å². The SMILES string of the molecule is C=C/C=C\C(C(=C)C)=C(\C=CCC)C1=CCC=C(/C(C)=C/C=C(\CC)c2nc3c(-c4cccc(-n5c6c(c7ccccc75)CCC=C6)c4)ccnc3n2-c2ccccc2)C=C1. The summed E-state index contributed by atoms with van der Waals surface area (Å²) >= 11 is 0. The van der Waals surface area contributed by atoms with E-state index in [4.69, 9.17) is 9.97 Å². The number of para-hydroxylation sites is 2. The van der Waals surface area contributed by atoms with Crippen LogP contribution in [-0.4, -0.2) is 19.1 Å². The molecule has 4 nitrogen and oxygen atoms in total. The Morgan fingerprint density at radius 1 is 0.820 bits per heavy atom. The number of hydrogen-bond acceptors (Lipinski definition) is 2. The minimum atomic E-state index is 0.796. The molecular formula is C57H54N4. The summed E-state index contributed by atoms with van der Waals surface area (Å²) in [5.74, 6) is 0.895. The third-order valence-corrected chi connectivity index (χ3v) is 11.6. The van der Waals surface area contributed by atoms with Crippen molar-refractivity contribution in [3.05, 3.63) is 228 Å². The Morgan fingerprint density at radius 3 is 2.41 bits per heavy atom. The first-order valence-electron chi connectivity index (χ1n) is 21.6. The van der Waals surface area contributed by atoms with Gasteiger partial charge in [0.05, 0.1) is 5.52 Å². The monoisotopic (exact) mass is 794 g/mol. The number of imidazole rings is 1. The minimum Gasteiger partial charge on any atom is -0.310 e. The molecule has 0 atom stereocenters. The molecular weight excluding hydrogens is 741 g/mol. The van der Waals surface area contributed by atoms with Gasteiger partial charge in [0.1, 0.15) is 11.3 Å². The van der Waals surface area contributed by atoms with Crippen LogP contribution in [0.4, 0.5) is 0 Å². The molecule has 4 heteroatoms. The molecule has 8 rings (SSSR count). The second-order valence-electron chi connectivity index (χ2n) is 15.6.